The molecule has 128 valence electrons. The molecule has 0 bridgehead atoms. The van der Waals surface area contributed by atoms with Gasteiger partial charge in [0.05, 0.1) is 6.54 Å². The summed E-state index contributed by atoms with van der Waals surface area (Å²) in [5.41, 5.74) is 5.19. The van der Waals surface area contributed by atoms with Gasteiger partial charge in [-0.25, -0.2) is 8.42 Å². The second-order valence-corrected chi connectivity index (χ2v) is 7.26. The van der Waals surface area contributed by atoms with E-state index < -0.39 is 21.5 Å². The molecule has 1 heterocycles. The number of likely N-dealkylation sites (N-methyl/N-ethyl adjacent to an activating group) is 1. The van der Waals surface area contributed by atoms with Crippen LogP contribution in [0, 0.1) is 0 Å². The molecule has 1 aromatic rings. The molecule has 0 atom stereocenters. The topological polar surface area (TPSA) is 105 Å². The Hall–Kier alpha value is -0.930. The van der Waals surface area contributed by atoms with Crippen molar-refractivity contribution in [1.82, 2.24) is 14.6 Å². The summed E-state index contributed by atoms with van der Waals surface area (Å²) in [6.07, 6.45) is 2.72. The number of nitrogens with two attached hydrogens (primary N) is 1. The van der Waals surface area contributed by atoms with Crippen molar-refractivity contribution in [1.29, 1.82) is 0 Å². The Bertz CT molecular complexity index is 561. The molecular weight excluding hydrogens is 351 g/mol. The Labute approximate surface area is 143 Å². The molecule has 10 heteroatoms. The van der Waals surface area contributed by atoms with Crippen molar-refractivity contribution < 1.29 is 13.2 Å². The van der Waals surface area contributed by atoms with Crippen molar-refractivity contribution in [2.75, 3.05) is 20.1 Å². The fraction of sp³-hybridized carbons (Fsp3) is 0.500. The smallest absolute Gasteiger partial charge is 0.244 e. The summed E-state index contributed by atoms with van der Waals surface area (Å²) in [5.74, 6) is -0.404. The van der Waals surface area contributed by atoms with Gasteiger partial charge < -0.3 is 11.1 Å². The predicted molar refractivity (Wildman–Crippen MR) is 89.8 cm³/mol. The van der Waals surface area contributed by atoms with Crippen LogP contribution in [-0.4, -0.2) is 49.3 Å². The van der Waals surface area contributed by atoms with E-state index in [0.717, 1.165) is 4.31 Å². The van der Waals surface area contributed by atoms with E-state index in [9.17, 15) is 13.2 Å². The minimum absolute atomic E-state index is 0. The van der Waals surface area contributed by atoms with Gasteiger partial charge in [-0.1, -0.05) is 0 Å². The lowest BCUT2D eigenvalue weighted by Gasteiger charge is -2.21. The standard InChI is InChI=1S/C12H20N4O3S.2ClH/c1-12(2,13)9-15-11(17)8-16(3)20(18,19)10-5-4-6-14-7-10;;/h4-7H,8-9,13H2,1-3H3,(H,15,17);2*1H. The number of sulfonamides is 1. The summed E-state index contributed by atoms with van der Waals surface area (Å²) < 4.78 is 25.3. The monoisotopic (exact) mass is 372 g/mol. The van der Waals surface area contributed by atoms with Gasteiger partial charge in [0.15, 0.2) is 0 Å². The van der Waals surface area contributed by atoms with Gasteiger partial charge in [-0.3, -0.25) is 9.78 Å². The Balaban J connectivity index is 0. The van der Waals surface area contributed by atoms with Crippen LogP contribution in [0.15, 0.2) is 29.4 Å². The maximum atomic E-state index is 12.2. The minimum Gasteiger partial charge on any atom is -0.353 e. The van der Waals surface area contributed by atoms with Crippen molar-refractivity contribution in [3.8, 4) is 0 Å². The Morgan fingerprint density at radius 2 is 2.00 bits per heavy atom. The zero-order chi connectivity index (χ0) is 15.4. The van der Waals surface area contributed by atoms with E-state index in [1.54, 1.807) is 13.8 Å². The largest absolute Gasteiger partial charge is 0.353 e. The normalized spacial score (nSPS) is 11.3. The number of nitrogens with zero attached hydrogens (tertiary/aromatic N) is 2. The van der Waals surface area contributed by atoms with Crippen LogP contribution in [0.5, 0.6) is 0 Å². The molecule has 0 aliphatic carbocycles. The van der Waals surface area contributed by atoms with Crippen molar-refractivity contribution in [2.24, 2.45) is 5.73 Å². The Morgan fingerprint density at radius 3 is 2.45 bits per heavy atom. The highest BCUT2D eigenvalue weighted by Gasteiger charge is 2.23. The zero-order valence-electron chi connectivity index (χ0n) is 12.6. The van der Waals surface area contributed by atoms with Gasteiger partial charge in [-0.15, -0.1) is 24.8 Å². The average molecular weight is 373 g/mol. The summed E-state index contributed by atoms with van der Waals surface area (Å²) in [7, 11) is -2.37. The lowest BCUT2D eigenvalue weighted by Crippen LogP contribution is -2.47. The first-order chi connectivity index (χ1) is 9.13. The van der Waals surface area contributed by atoms with Crippen molar-refractivity contribution in [2.45, 2.75) is 24.3 Å². The van der Waals surface area contributed by atoms with Crippen LogP contribution in [0.1, 0.15) is 13.8 Å². The number of pyridine rings is 1. The molecule has 0 spiro atoms. The zero-order valence-corrected chi connectivity index (χ0v) is 15.1. The van der Waals surface area contributed by atoms with E-state index in [1.165, 1.54) is 31.6 Å². The fourth-order valence-corrected chi connectivity index (χ4v) is 2.44. The number of carbonyl (C=O) groups is 1. The second kappa shape index (κ2) is 9.26. The first kappa shape index (κ1) is 23.3. The molecule has 0 radical (unpaired) electrons. The molecule has 0 fully saturated rings. The van der Waals surface area contributed by atoms with E-state index in [1.807, 2.05) is 0 Å². The van der Waals surface area contributed by atoms with Gasteiger partial charge in [0, 0.05) is 31.5 Å². The third-order valence-electron chi connectivity index (χ3n) is 2.45. The van der Waals surface area contributed by atoms with Crippen molar-refractivity contribution >= 4 is 40.7 Å². The third kappa shape index (κ3) is 7.37. The van der Waals surface area contributed by atoms with E-state index in [0.29, 0.717) is 0 Å². The van der Waals surface area contributed by atoms with Gasteiger partial charge in [0.25, 0.3) is 0 Å². The van der Waals surface area contributed by atoms with Crippen LogP contribution in [-0.2, 0) is 14.8 Å². The number of nitrogens with one attached hydrogen (secondary N) is 1. The van der Waals surface area contributed by atoms with Crippen LogP contribution in [0.4, 0.5) is 0 Å². The molecule has 0 aliphatic heterocycles. The first-order valence-electron chi connectivity index (χ1n) is 6.05. The van der Waals surface area contributed by atoms with Crippen LogP contribution in [0.25, 0.3) is 0 Å². The van der Waals surface area contributed by atoms with E-state index in [-0.39, 0.29) is 42.8 Å². The minimum atomic E-state index is -3.71. The molecule has 0 saturated carbocycles. The van der Waals surface area contributed by atoms with Crippen LogP contribution >= 0.6 is 24.8 Å². The predicted octanol–water partition coefficient (Wildman–Crippen LogP) is 0.399. The van der Waals surface area contributed by atoms with Gasteiger partial charge >= 0.3 is 0 Å². The maximum absolute atomic E-state index is 12.2. The second-order valence-electron chi connectivity index (χ2n) is 5.22. The Morgan fingerprint density at radius 1 is 1.41 bits per heavy atom. The summed E-state index contributed by atoms with van der Waals surface area (Å²) >= 11 is 0. The SMILES string of the molecule is CN(CC(=O)NCC(C)(C)N)S(=O)(=O)c1cccnc1.Cl.Cl. The number of hydrogen-bond donors (Lipinski definition) is 2. The summed E-state index contributed by atoms with van der Waals surface area (Å²) in [4.78, 5) is 15.5. The summed E-state index contributed by atoms with van der Waals surface area (Å²) in [6.45, 7) is 3.53. The molecule has 7 nitrogen and oxygen atoms in total. The van der Waals surface area contributed by atoms with E-state index in [4.69, 9.17) is 5.73 Å². The molecule has 1 rings (SSSR count). The molecule has 1 aromatic heterocycles. The highest BCUT2D eigenvalue weighted by atomic mass is 35.5. The maximum Gasteiger partial charge on any atom is 0.244 e. The van der Waals surface area contributed by atoms with Crippen molar-refractivity contribution in [3.63, 3.8) is 0 Å². The molecule has 1 amide bonds. The lowest BCUT2D eigenvalue weighted by atomic mass is 10.1. The number of aromatic nitrogens is 1. The van der Waals surface area contributed by atoms with E-state index in [2.05, 4.69) is 10.3 Å². The van der Waals surface area contributed by atoms with Gasteiger partial charge in [0.2, 0.25) is 15.9 Å². The molecule has 0 aromatic carbocycles. The summed E-state index contributed by atoms with van der Waals surface area (Å²) in [5, 5.41) is 2.59. The van der Waals surface area contributed by atoms with Crippen molar-refractivity contribution in [3.05, 3.63) is 24.5 Å². The summed E-state index contributed by atoms with van der Waals surface area (Å²) in [6, 6.07) is 2.96. The number of rotatable bonds is 6. The number of carbonyl (C=O) groups excluding carboxylic acids is 1. The van der Waals surface area contributed by atoms with Gasteiger partial charge in [0.1, 0.15) is 4.90 Å². The van der Waals surface area contributed by atoms with Crippen LogP contribution in [0.2, 0.25) is 0 Å². The molecule has 0 saturated heterocycles. The number of halogens is 2. The van der Waals surface area contributed by atoms with Crippen LogP contribution < -0.4 is 11.1 Å². The van der Waals surface area contributed by atoms with E-state index >= 15 is 0 Å². The molecule has 0 aliphatic rings. The third-order valence-corrected chi connectivity index (χ3v) is 4.24. The molecule has 3 N–H and O–H groups in total. The van der Waals surface area contributed by atoms with Gasteiger partial charge in [-0.05, 0) is 26.0 Å². The fourth-order valence-electron chi connectivity index (χ4n) is 1.35. The van der Waals surface area contributed by atoms with Crippen LogP contribution in [0.3, 0.4) is 0 Å². The highest BCUT2D eigenvalue weighted by molar-refractivity contribution is 7.89. The Kier molecular flexibility index (Phi) is 9.83. The quantitative estimate of drug-likeness (QED) is 0.751. The average Bonchev–Trinajstić information content (AvgIpc) is 2.36. The van der Waals surface area contributed by atoms with Gasteiger partial charge in [-0.2, -0.15) is 4.31 Å². The molecule has 22 heavy (non-hydrogen) atoms. The first-order valence-corrected chi connectivity index (χ1v) is 7.49. The molecular formula is C12H22Cl2N4O3S. The highest BCUT2D eigenvalue weighted by Crippen LogP contribution is 2.11. The number of hydrogen-bond acceptors (Lipinski definition) is 5. The molecule has 0 unspecified atom stereocenters. The number of amides is 1. The lowest BCUT2D eigenvalue weighted by molar-refractivity contribution is -0.121.